The maximum absolute atomic E-state index is 13.2. The van der Waals surface area contributed by atoms with Crippen LogP contribution in [0.25, 0.3) is 0 Å². The molecule has 0 unspecified atom stereocenters. The van der Waals surface area contributed by atoms with Gasteiger partial charge < -0.3 is 16.0 Å². The van der Waals surface area contributed by atoms with Crippen LogP contribution in [0, 0.1) is 0 Å². The third kappa shape index (κ3) is 4.08. The Morgan fingerprint density at radius 3 is 2.50 bits per heavy atom. The van der Waals surface area contributed by atoms with Gasteiger partial charge in [0.1, 0.15) is 18.0 Å². The minimum absolute atomic E-state index is 0.204. The van der Waals surface area contributed by atoms with Gasteiger partial charge in [0.15, 0.2) is 0 Å². The van der Waals surface area contributed by atoms with Gasteiger partial charge in [-0.15, -0.1) is 0 Å². The number of aromatic nitrogens is 2. The first-order valence-electron chi connectivity index (χ1n) is 6.45. The Bertz CT molecular complexity index is 655. The summed E-state index contributed by atoms with van der Waals surface area (Å²) >= 11 is 0. The SMILES string of the molecule is CN(C)Cc1ccc(Nc2cc(N)ncn2)cc1C(F)(F)F. The Balaban J connectivity index is 2.34. The highest BCUT2D eigenvalue weighted by Gasteiger charge is 2.33. The average Bonchev–Trinajstić information content (AvgIpc) is 2.39. The quantitative estimate of drug-likeness (QED) is 0.909. The van der Waals surface area contributed by atoms with Crippen LogP contribution < -0.4 is 11.1 Å². The molecule has 3 N–H and O–H groups in total. The highest BCUT2D eigenvalue weighted by molar-refractivity contribution is 5.60. The molecule has 1 heterocycles. The molecule has 2 aromatic rings. The number of nitrogens with two attached hydrogens (primary N) is 1. The molecule has 0 spiro atoms. The topological polar surface area (TPSA) is 67.1 Å². The number of hydrogen-bond acceptors (Lipinski definition) is 5. The highest BCUT2D eigenvalue weighted by atomic mass is 19.4. The Morgan fingerprint density at radius 2 is 1.91 bits per heavy atom. The average molecular weight is 311 g/mol. The number of alkyl halides is 3. The summed E-state index contributed by atoms with van der Waals surface area (Å²) in [6, 6.07) is 5.54. The van der Waals surface area contributed by atoms with E-state index in [-0.39, 0.29) is 23.6 Å². The lowest BCUT2D eigenvalue weighted by atomic mass is 10.1. The molecular formula is C14H16F3N5. The van der Waals surface area contributed by atoms with E-state index in [1.54, 1.807) is 25.1 Å². The lowest BCUT2D eigenvalue weighted by molar-refractivity contribution is -0.138. The zero-order valence-electron chi connectivity index (χ0n) is 12.1. The van der Waals surface area contributed by atoms with Crippen LogP contribution in [0.3, 0.4) is 0 Å². The summed E-state index contributed by atoms with van der Waals surface area (Å²) in [7, 11) is 3.44. The number of halogens is 3. The van der Waals surface area contributed by atoms with E-state index in [9.17, 15) is 13.2 Å². The lowest BCUT2D eigenvalue weighted by Gasteiger charge is -2.18. The number of hydrogen-bond donors (Lipinski definition) is 2. The second-order valence-electron chi connectivity index (χ2n) is 5.06. The van der Waals surface area contributed by atoms with Gasteiger partial charge in [0, 0.05) is 18.3 Å². The first kappa shape index (κ1) is 16.0. The summed E-state index contributed by atoms with van der Waals surface area (Å²) in [4.78, 5) is 9.32. The van der Waals surface area contributed by atoms with Crippen LogP contribution in [0.1, 0.15) is 11.1 Å². The summed E-state index contributed by atoms with van der Waals surface area (Å²) in [5, 5.41) is 2.79. The van der Waals surface area contributed by atoms with Crippen LogP contribution >= 0.6 is 0 Å². The lowest BCUT2D eigenvalue weighted by Crippen LogP contribution is -2.16. The molecule has 1 aromatic heterocycles. The fourth-order valence-electron chi connectivity index (χ4n) is 1.99. The van der Waals surface area contributed by atoms with Crippen molar-refractivity contribution in [3.05, 3.63) is 41.7 Å². The van der Waals surface area contributed by atoms with Gasteiger partial charge >= 0.3 is 6.18 Å². The second kappa shape index (κ2) is 6.18. The van der Waals surface area contributed by atoms with Crippen LogP contribution in [0.15, 0.2) is 30.6 Å². The third-order valence-electron chi connectivity index (χ3n) is 2.86. The van der Waals surface area contributed by atoms with E-state index >= 15 is 0 Å². The number of benzene rings is 1. The molecule has 0 saturated heterocycles. The van der Waals surface area contributed by atoms with Crippen LogP contribution in [-0.4, -0.2) is 29.0 Å². The predicted octanol–water partition coefficient (Wildman–Crippen LogP) is 2.88. The summed E-state index contributed by atoms with van der Waals surface area (Å²) in [5.41, 5.74) is 5.34. The molecule has 0 amide bonds. The van der Waals surface area contributed by atoms with Gasteiger partial charge in [-0.2, -0.15) is 13.2 Å². The molecular weight excluding hydrogens is 295 g/mol. The Labute approximate surface area is 126 Å². The molecule has 5 nitrogen and oxygen atoms in total. The maximum Gasteiger partial charge on any atom is 0.416 e. The predicted molar refractivity (Wildman–Crippen MR) is 78.6 cm³/mol. The number of nitrogens with one attached hydrogen (secondary N) is 1. The van der Waals surface area contributed by atoms with Gasteiger partial charge in [0.05, 0.1) is 5.56 Å². The largest absolute Gasteiger partial charge is 0.416 e. The summed E-state index contributed by atoms with van der Waals surface area (Å²) in [5.74, 6) is 0.568. The van der Waals surface area contributed by atoms with Crippen molar-refractivity contribution in [2.24, 2.45) is 0 Å². The normalized spacial score (nSPS) is 11.7. The van der Waals surface area contributed by atoms with Crippen molar-refractivity contribution < 1.29 is 13.2 Å². The van der Waals surface area contributed by atoms with E-state index in [4.69, 9.17) is 5.73 Å². The molecule has 22 heavy (non-hydrogen) atoms. The molecule has 0 aliphatic rings. The number of anilines is 3. The standard InChI is InChI=1S/C14H16F3N5/c1-22(2)7-9-3-4-10(5-11(9)14(15,16)17)21-13-6-12(18)19-8-20-13/h3-6,8H,7H2,1-2H3,(H3,18,19,20,21). The minimum Gasteiger partial charge on any atom is -0.384 e. The zero-order chi connectivity index (χ0) is 16.3. The molecule has 0 aliphatic heterocycles. The molecule has 8 heteroatoms. The first-order valence-corrected chi connectivity index (χ1v) is 6.45. The number of nitrogens with zero attached hydrogens (tertiary/aromatic N) is 3. The Morgan fingerprint density at radius 1 is 1.18 bits per heavy atom. The maximum atomic E-state index is 13.2. The van der Waals surface area contributed by atoms with Gasteiger partial charge in [-0.05, 0) is 31.8 Å². The highest BCUT2D eigenvalue weighted by Crippen LogP contribution is 2.34. The van der Waals surface area contributed by atoms with Crippen LogP contribution in [0.4, 0.5) is 30.5 Å². The van der Waals surface area contributed by atoms with E-state index in [0.717, 1.165) is 6.07 Å². The fraction of sp³-hybridized carbons (Fsp3) is 0.286. The van der Waals surface area contributed by atoms with Crippen LogP contribution in [0.2, 0.25) is 0 Å². The van der Waals surface area contributed by atoms with Gasteiger partial charge in [0.2, 0.25) is 0 Å². The van der Waals surface area contributed by atoms with E-state index in [2.05, 4.69) is 15.3 Å². The molecule has 1 aromatic carbocycles. The van der Waals surface area contributed by atoms with Crippen molar-refractivity contribution in [1.29, 1.82) is 0 Å². The molecule has 0 fully saturated rings. The first-order chi connectivity index (χ1) is 10.3. The van der Waals surface area contributed by atoms with Crippen molar-refractivity contribution in [3.8, 4) is 0 Å². The molecule has 118 valence electrons. The van der Waals surface area contributed by atoms with Crippen molar-refractivity contribution in [2.45, 2.75) is 12.7 Å². The van der Waals surface area contributed by atoms with Crippen molar-refractivity contribution in [3.63, 3.8) is 0 Å². The van der Waals surface area contributed by atoms with Crippen LogP contribution in [0.5, 0.6) is 0 Å². The second-order valence-corrected chi connectivity index (χ2v) is 5.06. The van der Waals surface area contributed by atoms with Gasteiger partial charge in [-0.3, -0.25) is 0 Å². The fourth-order valence-corrected chi connectivity index (χ4v) is 1.99. The van der Waals surface area contributed by atoms with Gasteiger partial charge in [-0.1, -0.05) is 6.07 Å². The van der Waals surface area contributed by atoms with Crippen molar-refractivity contribution in [1.82, 2.24) is 14.9 Å². The van der Waals surface area contributed by atoms with Gasteiger partial charge in [-0.25, -0.2) is 9.97 Å². The van der Waals surface area contributed by atoms with E-state index in [0.29, 0.717) is 5.82 Å². The summed E-state index contributed by atoms with van der Waals surface area (Å²) in [6.45, 7) is 0.204. The molecule has 0 radical (unpaired) electrons. The van der Waals surface area contributed by atoms with E-state index in [1.807, 2.05) is 0 Å². The molecule has 0 aliphatic carbocycles. The minimum atomic E-state index is -4.42. The summed E-state index contributed by atoms with van der Waals surface area (Å²) in [6.07, 6.45) is -3.18. The van der Waals surface area contributed by atoms with Crippen molar-refractivity contribution in [2.75, 3.05) is 25.1 Å². The number of rotatable bonds is 4. The smallest absolute Gasteiger partial charge is 0.384 e. The van der Waals surface area contributed by atoms with Gasteiger partial charge in [0.25, 0.3) is 0 Å². The number of nitrogen functional groups attached to an aromatic ring is 1. The summed E-state index contributed by atoms with van der Waals surface area (Å²) < 4.78 is 39.6. The molecule has 0 bridgehead atoms. The Kier molecular flexibility index (Phi) is 4.51. The van der Waals surface area contributed by atoms with E-state index in [1.165, 1.54) is 18.5 Å². The zero-order valence-corrected chi connectivity index (χ0v) is 12.1. The van der Waals surface area contributed by atoms with Crippen LogP contribution in [-0.2, 0) is 12.7 Å². The molecule has 2 rings (SSSR count). The Hall–Kier alpha value is -2.35. The van der Waals surface area contributed by atoms with E-state index < -0.39 is 11.7 Å². The molecule has 0 atom stereocenters. The van der Waals surface area contributed by atoms with Crippen molar-refractivity contribution >= 4 is 17.3 Å². The molecule has 0 saturated carbocycles. The third-order valence-corrected chi connectivity index (χ3v) is 2.86. The monoisotopic (exact) mass is 311 g/mol.